The first-order chi connectivity index (χ1) is 20.5. The van der Waals surface area contributed by atoms with Gasteiger partial charge in [0.1, 0.15) is 33.9 Å². The first kappa shape index (κ1) is 28.3. The number of hydrogen-bond acceptors (Lipinski definition) is 11. The summed E-state index contributed by atoms with van der Waals surface area (Å²) in [7, 11) is 0. The van der Waals surface area contributed by atoms with Crippen LogP contribution in [0, 0.1) is 0 Å². The van der Waals surface area contributed by atoms with Gasteiger partial charge in [0.15, 0.2) is 22.3 Å². The minimum atomic E-state index is -0.450. The lowest BCUT2D eigenvalue weighted by Gasteiger charge is -2.30. The van der Waals surface area contributed by atoms with E-state index in [0.717, 1.165) is 53.5 Å². The lowest BCUT2D eigenvalue weighted by molar-refractivity contribution is -0.0532. The molecule has 2 N–H and O–H groups in total. The van der Waals surface area contributed by atoms with Crippen LogP contribution in [0.2, 0.25) is 10.4 Å². The molecule has 0 radical (unpaired) electrons. The van der Waals surface area contributed by atoms with Crippen molar-refractivity contribution in [3.05, 3.63) is 40.2 Å². The van der Waals surface area contributed by atoms with E-state index in [1.54, 1.807) is 12.4 Å². The molecule has 1 fully saturated rings. The normalized spacial score (nSPS) is 18.9. The summed E-state index contributed by atoms with van der Waals surface area (Å²) in [5.41, 5.74) is 9.56. The molecule has 5 aromatic rings. The average molecular weight is 625 g/mol. The van der Waals surface area contributed by atoms with E-state index >= 15 is 0 Å². The lowest BCUT2D eigenvalue weighted by atomic mass is 9.82. The molecule has 0 aromatic carbocycles. The molecule has 0 atom stereocenters. The number of anilines is 1. The monoisotopic (exact) mass is 623 g/mol. The molecule has 2 aliphatic heterocycles. The fourth-order valence-corrected chi connectivity index (χ4v) is 6.18. The molecule has 0 bridgehead atoms. The zero-order valence-corrected chi connectivity index (χ0v) is 25.8. The third kappa shape index (κ3) is 4.88. The van der Waals surface area contributed by atoms with E-state index in [-0.39, 0.29) is 16.4 Å². The second-order valence-corrected chi connectivity index (χ2v) is 12.6. The molecule has 0 saturated heterocycles. The van der Waals surface area contributed by atoms with Gasteiger partial charge in [-0.05, 0) is 52.1 Å². The number of nitrogens with two attached hydrogens (primary N) is 1. The Bertz CT molecular complexity index is 1860. The summed E-state index contributed by atoms with van der Waals surface area (Å²) in [6.07, 6.45) is 6.87. The minimum absolute atomic E-state index is 0.134. The second kappa shape index (κ2) is 10.3. The Balaban J connectivity index is 0.000000153. The summed E-state index contributed by atoms with van der Waals surface area (Å²) < 4.78 is 15.8. The minimum Gasteiger partial charge on any atom is -0.368 e. The Morgan fingerprint density at radius 2 is 1.37 bits per heavy atom. The molecular weight excluding hydrogens is 593 g/mol. The quantitative estimate of drug-likeness (QED) is 0.213. The predicted molar refractivity (Wildman–Crippen MR) is 161 cm³/mol. The maximum absolute atomic E-state index is 6.02. The number of ether oxygens (including phenoxy) is 2. The van der Waals surface area contributed by atoms with Crippen LogP contribution in [0.25, 0.3) is 33.7 Å². The van der Waals surface area contributed by atoms with Crippen molar-refractivity contribution in [2.45, 2.75) is 77.2 Å². The number of nitrogen functional groups attached to an aromatic ring is 1. The highest BCUT2D eigenvalue weighted by Gasteiger charge is 2.36. The Hall–Kier alpha value is -3.52. The molecule has 7 heterocycles. The zero-order valence-electron chi connectivity index (χ0n) is 24.3. The van der Waals surface area contributed by atoms with Gasteiger partial charge in [-0.15, -0.1) is 0 Å². The fraction of sp³-hybridized carbons (Fsp3) is 0.500. The van der Waals surface area contributed by atoms with E-state index < -0.39 is 11.2 Å². The summed E-state index contributed by atoms with van der Waals surface area (Å²) in [5.74, 6) is 3.03. The van der Waals surface area contributed by atoms with Gasteiger partial charge in [0.25, 0.3) is 0 Å². The first-order valence-electron chi connectivity index (χ1n) is 14.3. The van der Waals surface area contributed by atoms with E-state index in [1.165, 1.54) is 6.42 Å². The van der Waals surface area contributed by atoms with Crippen molar-refractivity contribution in [2.75, 3.05) is 18.9 Å². The van der Waals surface area contributed by atoms with Gasteiger partial charge >= 0.3 is 0 Å². The largest absolute Gasteiger partial charge is 0.368 e. The molecule has 1 aliphatic carbocycles. The van der Waals surface area contributed by atoms with Crippen LogP contribution in [0.4, 0.5) is 5.95 Å². The number of nitrogens with zero attached hydrogens (tertiary/aromatic N) is 10. The smallest absolute Gasteiger partial charge is 0.225 e. The topological polar surface area (TPSA) is 157 Å². The number of fused-ring (bicyclic) bond motifs is 6. The summed E-state index contributed by atoms with van der Waals surface area (Å²) in [5, 5.41) is 0.409. The van der Waals surface area contributed by atoms with Gasteiger partial charge in [0.2, 0.25) is 11.2 Å². The van der Waals surface area contributed by atoms with Gasteiger partial charge in [0.05, 0.1) is 24.5 Å². The summed E-state index contributed by atoms with van der Waals surface area (Å²) >= 11 is 11.8. The van der Waals surface area contributed by atoms with E-state index in [0.29, 0.717) is 42.7 Å². The van der Waals surface area contributed by atoms with Gasteiger partial charge in [-0.1, -0.05) is 18.0 Å². The van der Waals surface area contributed by atoms with Crippen molar-refractivity contribution in [1.82, 2.24) is 49.0 Å². The van der Waals surface area contributed by atoms with Crippen molar-refractivity contribution >= 4 is 51.5 Å². The molecule has 0 spiro atoms. The molecule has 3 aliphatic rings. The number of aromatic nitrogens is 10. The van der Waals surface area contributed by atoms with Gasteiger partial charge in [-0.3, -0.25) is 0 Å². The highest BCUT2D eigenvalue weighted by molar-refractivity contribution is 6.35. The van der Waals surface area contributed by atoms with Gasteiger partial charge in [-0.2, -0.15) is 4.98 Å². The zero-order chi connectivity index (χ0) is 30.1. The summed E-state index contributed by atoms with van der Waals surface area (Å²) in [4.78, 5) is 35.3. The molecule has 0 unspecified atom stereocenters. The van der Waals surface area contributed by atoms with Crippen LogP contribution in [0.5, 0.6) is 0 Å². The van der Waals surface area contributed by atoms with Crippen LogP contribution in [-0.2, 0) is 33.8 Å². The van der Waals surface area contributed by atoms with E-state index in [4.69, 9.17) is 53.4 Å². The third-order valence-corrected chi connectivity index (χ3v) is 8.63. The number of halogens is 2. The molecule has 15 heteroatoms. The van der Waals surface area contributed by atoms with Crippen molar-refractivity contribution < 1.29 is 9.47 Å². The first-order valence-corrected chi connectivity index (χ1v) is 15.0. The second-order valence-electron chi connectivity index (χ2n) is 11.9. The lowest BCUT2D eigenvalue weighted by Crippen LogP contribution is -2.33. The third-order valence-electron chi connectivity index (χ3n) is 8.20. The maximum atomic E-state index is 6.02. The molecule has 13 nitrogen and oxygen atoms in total. The van der Waals surface area contributed by atoms with Crippen LogP contribution in [0.15, 0.2) is 12.4 Å². The van der Waals surface area contributed by atoms with Crippen molar-refractivity contribution in [3.63, 3.8) is 0 Å². The Morgan fingerprint density at radius 3 is 1.95 bits per heavy atom. The van der Waals surface area contributed by atoms with Crippen molar-refractivity contribution in [2.24, 2.45) is 0 Å². The molecule has 224 valence electrons. The van der Waals surface area contributed by atoms with Crippen LogP contribution in [-0.4, -0.2) is 62.2 Å². The van der Waals surface area contributed by atoms with Crippen molar-refractivity contribution in [1.29, 1.82) is 0 Å². The molecule has 5 aromatic heterocycles. The Kier molecular flexibility index (Phi) is 6.76. The standard InChI is InChI=1S/C18H21N7O.C10H10Cl2N4O/c1-18(2)16-23-13-12(10-4-3-5-10)22-14(11-8-20-17(19)21-9-11)24-15(13)25(16)6-7-26-18;1-10(2)8-13-5-6(11)14-9(12)15-7(5)16(8)3-4-17-10/h8-10H,3-7H2,1-2H3,(H2,19,20,21);3-4H2,1-2H3. The van der Waals surface area contributed by atoms with E-state index in [9.17, 15) is 0 Å². The van der Waals surface area contributed by atoms with Gasteiger partial charge in [-0.25, -0.2) is 34.9 Å². The van der Waals surface area contributed by atoms with Gasteiger partial charge < -0.3 is 24.3 Å². The van der Waals surface area contributed by atoms with Crippen LogP contribution in [0.3, 0.4) is 0 Å². The van der Waals surface area contributed by atoms with Crippen LogP contribution < -0.4 is 5.73 Å². The van der Waals surface area contributed by atoms with E-state index in [2.05, 4.69) is 43.3 Å². The molecule has 0 amide bonds. The SMILES string of the molecule is CC1(C)OCCn2c1nc1c(C3CCC3)nc(-c3cnc(N)nc3)nc12.CC1(C)OCCn2c1nc1c(Cl)nc(Cl)nc12. The predicted octanol–water partition coefficient (Wildman–Crippen LogP) is 4.80. The number of imidazole rings is 2. The Labute approximate surface area is 257 Å². The highest BCUT2D eigenvalue weighted by atomic mass is 35.5. The fourth-order valence-electron chi connectivity index (χ4n) is 5.77. The summed E-state index contributed by atoms with van der Waals surface area (Å²) in [6.45, 7) is 10.7. The van der Waals surface area contributed by atoms with Crippen molar-refractivity contribution in [3.8, 4) is 11.4 Å². The average Bonchev–Trinajstić information content (AvgIpc) is 3.50. The molecule has 8 rings (SSSR count). The molecule has 43 heavy (non-hydrogen) atoms. The Morgan fingerprint density at radius 1 is 0.791 bits per heavy atom. The highest BCUT2D eigenvalue weighted by Crippen LogP contribution is 2.41. The van der Waals surface area contributed by atoms with Gasteiger partial charge in [0, 0.05) is 31.4 Å². The number of hydrogen-bond donors (Lipinski definition) is 1. The summed E-state index contributed by atoms with van der Waals surface area (Å²) in [6, 6.07) is 0. The van der Waals surface area contributed by atoms with Crippen LogP contribution >= 0.6 is 23.2 Å². The molecule has 1 saturated carbocycles. The van der Waals surface area contributed by atoms with Crippen LogP contribution in [0.1, 0.15) is 70.2 Å². The maximum Gasteiger partial charge on any atom is 0.225 e. The van der Waals surface area contributed by atoms with E-state index in [1.807, 2.05) is 18.4 Å². The molecular formula is C28H31Cl2N11O2. The number of rotatable bonds is 2.